The molecule has 3 rings (SSSR count). The number of rotatable bonds is 3. The molecule has 5 heteroatoms. The normalized spacial score (nSPS) is 18.0. The van der Waals surface area contributed by atoms with Crippen molar-refractivity contribution in [3.05, 3.63) is 45.5 Å². The summed E-state index contributed by atoms with van der Waals surface area (Å²) in [4.78, 5) is 24.4. The van der Waals surface area contributed by atoms with Crippen molar-refractivity contribution in [1.82, 2.24) is 0 Å². The van der Waals surface area contributed by atoms with Crippen LogP contribution in [0.5, 0.6) is 0 Å². The molecule has 0 bridgehead atoms. The van der Waals surface area contributed by atoms with Crippen LogP contribution in [0.15, 0.2) is 28.0 Å². The minimum atomic E-state index is -1.15. The minimum Gasteiger partial charge on any atom is -0.475 e. The number of aryl methyl sites for hydroxylation is 1. The molecule has 0 spiro atoms. The van der Waals surface area contributed by atoms with Crippen LogP contribution >= 0.6 is 11.3 Å². The van der Waals surface area contributed by atoms with Crippen molar-refractivity contribution in [2.75, 3.05) is 0 Å². The van der Waals surface area contributed by atoms with Gasteiger partial charge in [-0.15, -0.1) is 11.3 Å². The number of furan rings is 1. The molecular formula is C14H12O4S. The number of Topliss-reactive ketones (excluding diaryl/α,β-unsaturated/α-hetero) is 1. The van der Waals surface area contributed by atoms with E-state index in [1.54, 1.807) is 11.3 Å². The molecular weight excluding hydrogens is 264 g/mol. The summed E-state index contributed by atoms with van der Waals surface area (Å²) in [5, 5.41) is 10.8. The molecule has 98 valence electrons. The molecule has 1 N–H and O–H groups in total. The first kappa shape index (κ1) is 12.2. The van der Waals surface area contributed by atoms with Gasteiger partial charge in [0, 0.05) is 4.88 Å². The van der Waals surface area contributed by atoms with Crippen molar-refractivity contribution in [3.8, 4) is 0 Å². The van der Waals surface area contributed by atoms with Crippen LogP contribution in [-0.4, -0.2) is 16.9 Å². The van der Waals surface area contributed by atoms with E-state index in [0.717, 1.165) is 24.8 Å². The second-order valence-electron chi connectivity index (χ2n) is 4.58. The van der Waals surface area contributed by atoms with Gasteiger partial charge in [0.2, 0.25) is 11.5 Å². The summed E-state index contributed by atoms with van der Waals surface area (Å²) in [7, 11) is 0. The SMILES string of the molecule is O=C(O)c1ccc(C(=O)C2CCCc3sccc32)o1. The number of hydrogen-bond donors (Lipinski definition) is 1. The summed E-state index contributed by atoms with van der Waals surface area (Å²) < 4.78 is 5.11. The number of carbonyl (C=O) groups excluding carboxylic acids is 1. The number of fused-ring (bicyclic) bond motifs is 1. The highest BCUT2D eigenvalue weighted by molar-refractivity contribution is 7.10. The molecule has 0 aromatic carbocycles. The van der Waals surface area contributed by atoms with Crippen LogP contribution < -0.4 is 0 Å². The van der Waals surface area contributed by atoms with E-state index in [1.165, 1.54) is 17.0 Å². The summed E-state index contributed by atoms with van der Waals surface area (Å²) in [5.74, 6) is -1.51. The van der Waals surface area contributed by atoms with Crippen molar-refractivity contribution < 1.29 is 19.1 Å². The lowest BCUT2D eigenvalue weighted by Crippen LogP contribution is -2.16. The number of carbonyl (C=O) groups is 2. The van der Waals surface area contributed by atoms with E-state index in [4.69, 9.17) is 9.52 Å². The summed E-state index contributed by atoms with van der Waals surface area (Å²) in [6, 6.07) is 4.77. The maximum Gasteiger partial charge on any atom is 0.371 e. The second kappa shape index (κ2) is 4.66. The molecule has 2 heterocycles. The van der Waals surface area contributed by atoms with Crippen LogP contribution in [0.3, 0.4) is 0 Å². The standard InChI is InChI=1S/C14H12O4S/c15-13(10-4-5-11(18-10)14(16)17)9-2-1-3-12-8(9)6-7-19-12/h4-7,9H,1-3H2,(H,16,17). The Morgan fingerprint density at radius 1 is 1.26 bits per heavy atom. The lowest BCUT2D eigenvalue weighted by atomic mass is 9.84. The van der Waals surface area contributed by atoms with E-state index in [0.29, 0.717) is 0 Å². The monoisotopic (exact) mass is 276 g/mol. The largest absolute Gasteiger partial charge is 0.475 e. The Hall–Kier alpha value is -1.88. The topological polar surface area (TPSA) is 67.5 Å². The van der Waals surface area contributed by atoms with E-state index in [-0.39, 0.29) is 23.2 Å². The van der Waals surface area contributed by atoms with E-state index in [9.17, 15) is 9.59 Å². The average molecular weight is 276 g/mol. The van der Waals surface area contributed by atoms with Crippen LogP contribution in [0.2, 0.25) is 0 Å². The van der Waals surface area contributed by atoms with Gasteiger partial charge in [0.05, 0.1) is 5.92 Å². The van der Waals surface area contributed by atoms with Crippen molar-refractivity contribution in [3.63, 3.8) is 0 Å². The molecule has 0 radical (unpaired) electrons. The molecule has 0 saturated carbocycles. The van der Waals surface area contributed by atoms with Crippen LogP contribution in [0.1, 0.15) is 50.3 Å². The Balaban J connectivity index is 1.91. The van der Waals surface area contributed by atoms with Crippen LogP contribution in [-0.2, 0) is 6.42 Å². The first-order chi connectivity index (χ1) is 9.16. The first-order valence-electron chi connectivity index (χ1n) is 6.10. The van der Waals surface area contributed by atoms with Crippen LogP contribution in [0.25, 0.3) is 0 Å². The number of ketones is 1. The molecule has 0 fully saturated rings. The van der Waals surface area contributed by atoms with Gasteiger partial charge in [-0.2, -0.15) is 0 Å². The molecule has 1 aliphatic rings. The fourth-order valence-corrected chi connectivity index (χ4v) is 3.50. The number of thiophene rings is 1. The summed E-state index contributed by atoms with van der Waals surface area (Å²) in [6.07, 6.45) is 2.80. The number of hydrogen-bond acceptors (Lipinski definition) is 4. The highest BCUT2D eigenvalue weighted by Crippen LogP contribution is 2.37. The smallest absolute Gasteiger partial charge is 0.371 e. The lowest BCUT2D eigenvalue weighted by molar-refractivity contribution is 0.0659. The van der Waals surface area contributed by atoms with Crippen LogP contribution in [0.4, 0.5) is 0 Å². The van der Waals surface area contributed by atoms with E-state index >= 15 is 0 Å². The van der Waals surface area contributed by atoms with Gasteiger partial charge in [0.25, 0.3) is 0 Å². The quantitative estimate of drug-likeness (QED) is 0.873. The molecule has 0 amide bonds. The molecule has 1 atom stereocenters. The zero-order valence-corrected chi connectivity index (χ0v) is 10.9. The Morgan fingerprint density at radius 2 is 2.05 bits per heavy atom. The van der Waals surface area contributed by atoms with Gasteiger partial charge in [-0.25, -0.2) is 4.79 Å². The third-order valence-corrected chi connectivity index (χ3v) is 4.42. The molecule has 0 saturated heterocycles. The van der Waals surface area contributed by atoms with E-state index in [2.05, 4.69) is 0 Å². The zero-order valence-electron chi connectivity index (χ0n) is 10.1. The second-order valence-corrected chi connectivity index (χ2v) is 5.58. The van der Waals surface area contributed by atoms with Gasteiger partial charge in [-0.3, -0.25) is 4.79 Å². The van der Waals surface area contributed by atoms with Crippen molar-refractivity contribution in [2.45, 2.75) is 25.2 Å². The highest BCUT2D eigenvalue weighted by atomic mass is 32.1. The third-order valence-electron chi connectivity index (χ3n) is 3.43. The van der Waals surface area contributed by atoms with Gasteiger partial charge < -0.3 is 9.52 Å². The number of carboxylic acid groups (broad SMARTS) is 1. The molecule has 0 aliphatic heterocycles. The van der Waals surface area contributed by atoms with Crippen LogP contribution in [0, 0.1) is 0 Å². The Morgan fingerprint density at radius 3 is 2.79 bits per heavy atom. The first-order valence-corrected chi connectivity index (χ1v) is 6.98. The maximum atomic E-state index is 12.4. The van der Waals surface area contributed by atoms with Crippen molar-refractivity contribution in [2.24, 2.45) is 0 Å². The zero-order chi connectivity index (χ0) is 13.4. The summed E-state index contributed by atoms with van der Waals surface area (Å²) >= 11 is 1.67. The molecule has 4 nitrogen and oxygen atoms in total. The third kappa shape index (κ3) is 2.10. The van der Waals surface area contributed by atoms with E-state index < -0.39 is 5.97 Å². The van der Waals surface area contributed by atoms with Gasteiger partial charge in [-0.1, -0.05) is 0 Å². The predicted octanol–water partition coefficient (Wildman–Crippen LogP) is 3.34. The average Bonchev–Trinajstić information content (AvgIpc) is 3.06. The molecule has 19 heavy (non-hydrogen) atoms. The van der Waals surface area contributed by atoms with Gasteiger partial charge >= 0.3 is 5.97 Å². The lowest BCUT2D eigenvalue weighted by Gasteiger charge is -2.20. The number of aromatic carboxylic acids is 1. The Kier molecular flexibility index (Phi) is 2.98. The molecule has 2 aromatic heterocycles. The fraction of sp³-hybridized carbons (Fsp3) is 0.286. The van der Waals surface area contributed by atoms with Crippen molar-refractivity contribution in [1.29, 1.82) is 0 Å². The van der Waals surface area contributed by atoms with Gasteiger partial charge in [0.15, 0.2) is 5.76 Å². The van der Waals surface area contributed by atoms with E-state index in [1.807, 2.05) is 11.4 Å². The van der Waals surface area contributed by atoms with Gasteiger partial charge in [0.1, 0.15) is 0 Å². The number of carboxylic acids is 1. The molecule has 1 unspecified atom stereocenters. The van der Waals surface area contributed by atoms with Crippen molar-refractivity contribution >= 4 is 23.1 Å². The molecule has 2 aromatic rings. The summed E-state index contributed by atoms with van der Waals surface area (Å²) in [5.41, 5.74) is 1.08. The fourth-order valence-electron chi connectivity index (χ4n) is 2.52. The molecule has 1 aliphatic carbocycles. The maximum absolute atomic E-state index is 12.4. The Labute approximate surface area is 113 Å². The Bertz CT molecular complexity index is 637. The highest BCUT2D eigenvalue weighted by Gasteiger charge is 2.30. The minimum absolute atomic E-state index is 0.119. The summed E-state index contributed by atoms with van der Waals surface area (Å²) in [6.45, 7) is 0. The predicted molar refractivity (Wildman–Crippen MR) is 70.0 cm³/mol. The van der Waals surface area contributed by atoms with Gasteiger partial charge in [-0.05, 0) is 48.4 Å².